The van der Waals surface area contributed by atoms with E-state index in [2.05, 4.69) is 48.1 Å². The molecule has 0 radical (unpaired) electrons. The monoisotopic (exact) mass is 450 g/mol. The third kappa shape index (κ3) is 12.5. The minimum atomic E-state index is -0.499. The number of anilines is 2. The molecule has 0 aliphatic rings. The van der Waals surface area contributed by atoms with Gasteiger partial charge in [0.2, 0.25) is 0 Å². The number of hydrogen-bond acceptors (Lipinski definition) is 6. The standard InChI is InChI=1S/C24H42N4O4/c1-5-27(6-2)16-9-11-18-31-23(29)25-21-14-13-15-22(20-21)26-24(30)32-19-12-10-17-28(7-3)8-4/h13-15,20H,5-12,16-19H2,1-4H3,(H,25,29)(H,26,30). The topological polar surface area (TPSA) is 83.1 Å². The molecule has 8 nitrogen and oxygen atoms in total. The fourth-order valence-electron chi connectivity index (χ4n) is 3.27. The average Bonchev–Trinajstić information content (AvgIpc) is 2.79. The molecule has 0 bridgehead atoms. The highest BCUT2D eigenvalue weighted by Gasteiger charge is 2.07. The second-order valence-corrected chi connectivity index (χ2v) is 7.57. The SMILES string of the molecule is CCN(CC)CCCCOC(=O)Nc1cccc(NC(=O)OCCCCN(CC)CC)c1. The molecule has 32 heavy (non-hydrogen) atoms. The fraction of sp³-hybridized carbons (Fsp3) is 0.667. The molecule has 0 aliphatic heterocycles. The Morgan fingerprint density at radius 1 is 0.719 bits per heavy atom. The highest BCUT2D eigenvalue weighted by atomic mass is 16.6. The zero-order valence-electron chi connectivity index (χ0n) is 20.3. The van der Waals surface area contributed by atoms with Gasteiger partial charge >= 0.3 is 12.2 Å². The summed E-state index contributed by atoms with van der Waals surface area (Å²) in [5.41, 5.74) is 1.10. The van der Waals surface area contributed by atoms with Crippen LogP contribution in [0.15, 0.2) is 24.3 Å². The molecule has 0 aliphatic carbocycles. The molecule has 0 heterocycles. The van der Waals surface area contributed by atoms with Crippen molar-refractivity contribution in [1.82, 2.24) is 9.80 Å². The van der Waals surface area contributed by atoms with Gasteiger partial charge in [-0.25, -0.2) is 9.59 Å². The second kappa shape index (κ2) is 17.3. The van der Waals surface area contributed by atoms with E-state index in [0.717, 1.165) is 65.0 Å². The maximum atomic E-state index is 12.0. The number of nitrogens with zero attached hydrogens (tertiary/aromatic N) is 2. The number of unbranched alkanes of at least 4 members (excludes halogenated alkanes) is 2. The number of nitrogens with one attached hydrogen (secondary N) is 2. The summed E-state index contributed by atoms with van der Waals surface area (Å²) in [5.74, 6) is 0. The normalized spacial score (nSPS) is 10.9. The summed E-state index contributed by atoms with van der Waals surface area (Å²) >= 11 is 0. The van der Waals surface area contributed by atoms with Gasteiger partial charge in [0.25, 0.3) is 0 Å². The number of amides is 2. The average molecular weight is 451 g/mol. The first kappa shape index (κ1) is 27.7. The number of rotatable bonds is 16. The number of hydrogen-bond donors (Lipinski definition) is 2. The van der Waals surface area contributed by atoms with Crippen LogP contribution < -0.4 is 10.6 Å². The number of benzene rings is 1. The Bertz CT molecular complexity index is 597. The number of carbonyl (C=O) groups excluding carboxylic acids is 2. The molecular weight excluding hydrogens is 408 g/mol. The molecule has 0 unspecified atom stereocenters. The summed E-state index contributed by atoms with van der Waals surface area (Å²) in [6.07, 6.45) is 2.64. The molecule has 0 spiro atoms. The Labute approximate surface area is 193 Å². The molecule has 0 saturated carbocycles. The van der Waals surface area contributed by atoms with Crippen molar-refractivity contribution >= 4 is 23.6 Å². The van der Waals surface area contributed by atoms with E-state index < -0.39 is 12.2 Å². The minimum Gasteiger partial charge on any atom is -0.449 e. The second-order valence-electron chi connectivity index (χ2n) is 7.57. The van der Waals surface area contributed by atoms with Crippen molar-refractivity contribution in [3.63, 3.8) is 0 Å². The third-order valence-electron chi connectivity index (χ3n) is 5.35. The van der Waals surface area contributed by atoms with E-state index >= 15 is 0 Å². The van der Waals surface area contributed by atoms with Gasteiger partial charge in [-0.15, -0.1) is 0 Å². The first-order chi connectivity index (χ1) is 15.5. The molecule has 0 atom stereocenters. The van der Waals surface area contributed by atoms with Crippen molar-refractivity contribution in [3.05, 3.63) is 24.3 Å². The molecular formula is C24H42N4O4. The van der Waals surface area contributed by atoms with Crippen LogP contribution in [0.2, 0.25) is 0 Å². The summed E-state index contributed by atoms with van der Waals surface area (Å²) in [4.78, 5) is 28.7. The summed E-state index contributed by atoms with van der Waals surface area (Å²) in [6.45, 7) is 15.5. The van der Waals surface area contributed by atoms with Crippen LogP contribution in [0.4, 0.5) is 21.0 Å². The Balaban J connectivity index is 2.26. The van der Waals surface area contributed by atoms with Crippen molar-refractivity contribution in [2.75, 3.05) is 63.1 Å². The third-order valence-corrected chi connectivity index (χ3v) is 5.35. The van der Waals surface area contributed by atoms with Crippen LogP contribution in [0.1, 0.15) is 53.4 Å². The number of carbonyl (C=O) groups is 2. The van der Waals surface area contributed by atoms with Crippen LogP contribution in [0.5, 0.6) is 0 Å². The Kier molecular flexibility index (Phi) is 14.9. The van der Waals surface area contributed by atoms with Crippen LogP contribution in [0.25, 0.3) is 0 Å². The maximum absolute atomic E-state index is 12.0. The van der Waals surface area contributed by atoms with Gasteiger partial charge in [0.15, 0.2) is 0 Å². The lowest BCUT2D eigenvalue weighted by molar-refractivity contribution is 0.156. The largest absolute Gasteiger partial charge is 0.449 e. The molecule has 2 N–H and O–H groups in total. The molecule has 1 aromatic carbocycles. The zero-order valence-corrected chi connectivity index (χ0v) is 20.3. The van der Waals surface area contributed by atoms with Gasteiger partial charge in [0, 0.05) is 11.4 Å². The van der Waals surface area contributed by atoms with Crippen LogP contribution >= 0.6 is 0 Å². The summed E-state index contributed by atoms with van der Waals surface area (Å²) in [7, 11) is 0. The Morgan fingerprint density at radius 2 is 1.12 bits per heavy atom. The van der Waals surface area contributed by atoms with Gasteiger partial charge in [-0.2, -0.15) is 0 Å². The molecule has 2 amide bonds. The number of ether oxygens (including phenoxy) is 2. The lowest BCUT2D eigenvalue weighted by Gasteiger charge is -2.17. The Hall–Kier alpha value is -2.32. The predicted octanol–water partition coefficient (Wildman–Crippen LogP) is 5.03. The molecule has 0 saturated heterocycles. The quantitative estimate of drug-likeness (QED) is 0.344. The van der Waals surface area contributed by atoms with Crippen molar-refractivity contribution in [2.24, 2.45) is 0 Å². The van der Waals surface area contributed by atoms with E-state index in [-0.39, 0.29) is 0 Å². The molecule has 1 aromatic rings. The van der Waals surface area contributed by atoms with E-state index in [1.807, 2.05) is 0 Å². The summed E-state index contributed by atoms with van der Waals surface area (Å²) < 4.78 is 10.5. The Morgan fingerprint density at radius 3 is 1.50 bits per heavy atom. The first-order valence-corrected chi connectivity index (χ1v) is 11.9. The summed E-state index contributed by atoms with van der Waals surface area (Å²) in [6, 6.07) is 6.90. The van der Waals surface area contributed by atoms with E-state index in [4.69, 9.17) is 9.47 Å². The lowest BCUT2D eigenvalue weighted by Crippen LogP contribution is -2.24. The van der Waals surface area contributed by atoms with Crippen molar-refractivity contribution in [1.29, 1.82) is 0 Å². The van der Waals surface area contributed by atoms with Gasteiger partial charge in [0.05, 0.1) is 13.2 Å². The molecule has 0 aromatic heterocycles. The van der Waals surface area contributed by atoms with E-state index in [1.54, 1.807) is 24.3 Å². The van der Waals surface area contributed by atoms with Gasteiger partial charge in [-0.1, -0.05) is 33.8 Å². The highest BCUT2D eigenvalue weighted by Crippen LogP contribution is 2.15. The predicted molar refractivity (Wildman–Crippen MR) is 130 cm³/mol. The van der Waals surface area contributed by atoms with E-state index in [9.17, 15) is 9.59 Å². The van der Waals surface area contributed by atoms with Gasteiger partial charge < -0.3 is 19.3 Å². The fourth-order valence-corrected chi connectivity index (χ4v) is 3.27. The van der Waals surface area contributed by atoms with Gasteiger partial charge in [0.1, 0.15) is 0 Å². The molecule has 8 heteroatoms. The van der Waals surface area contributed by atoms with Crippen LogP contribution in [-0.2, 0) is 9.47 Å². The minimum absolute atomic E-state index is 0.381. The van der Waals surface area contributed by atoms with E-state index in [0.29, 0.717) is 24.6 Å². The van der Waals surface area contributed by atoms with Gasteiger partial charge in [-0.05, 0) is 83.2 Å². The van der Waals surface area contributed by atoms with Crippen LogP contribution in [-0.4, -0.2) is 74.5 Å². The summed E-state index contributed by atoms with van der Waals surface area (Å²) in [5, 5.41) is 5.38. The molecule has 1 rings (SSSR count). The molecule has 0 fully saturated rings. The zero-order chi connectivity index (χ0) is 23.6. The van der Waals surface area contributed by atoms with Crippen molar-refractivity contribution in [3.8, 4) is 0 Å². The first-order valence-electron chi connectivity index (χ1n) is 11.9. The van der Waals surface area contributed by atoms with Crippen molar-refractivity contribution < 1.29 is 19.1 Å². The van der Waals surface area contributed by atoms with Crippen molar-refractivity contribution in [2.45, 2.75) is 53.4 Å². The smallest absolute Gasteiger partial charge is 0.411 e. The maximum Gasteiger partial charge on any atom is 0.411 e. The highest BCUT2D eigenvalue weighted by molar-refractivity contribution is 5.88. The van der Waals surface area contributed by atoms with Crippen LogP contribution in [0, 0.1) is 0 Å². The van der Waals surface area contributed by atoms with Crippen LogP contribution in [0.3, 0.4) is 0 Å². The lowest BCUT2D eigenvalue weighted by atomic mass is 10.3. The van der Waals surface area contributed by atoms with E-state index in [1.165, 1.54) is 0 Å². The molecule has 182 valence electrons. The van der Waals surface area contributed by atoms with Gasteiger partial charge in [-0.3, -0.25) is 10.6 Å².